The van der Waals surface area contributed by atoms with E-state index in [0.29, 0.717) is 12.5 Å². The molecule has 0 atom stereocenters. The van der Waals surface area contributed by atoms with Gasteiger partial charge in [-0.05, 0) is 12.5 Å². The smallest absolute Gasteiger partial charge is 0.102 e. The van der Waals surface area contributed by atoms with Crippen LogP contribution in [0.2, 0.25) is 0 Å². The normalized spacial score (nSPS) is 10.9. The number of hydrogen-bond acceptors (Lipinski definition) is 2. The van der Waals surface area contributed by atoms with Gasteiger partial charge in [-0.3, -0.25) is 0 Å². The van der Waals surface area contributed by atoms with Gasteiger partial charge < -0.3 is 10.6 Å². The summed E-state index contributed by atoms with van der Waals surface area (Å²) >= 11 is 0. The highest BCUT2D eigenvalue weighted by Crippen LogP contribution is 1.85. The Bertz CT molecular complexity index is 76.5. The molecule has 0 saturated carbocycles. The zero-order chi connectivity index (χ0) is 8.53. The van der Waals surface area contributed by atoms with E-state index in [9.17, 15) is 4.39 Å². The molecule has 0 heterocycles. The molecule has 0 amide bonds. The van der Waals surface area contributed by atoms with Gasteiger partial charge >= 0.3 is 0 Å². The van der Waals surface area contributed by atoms with Gasteiger partial charge in [-0.15, -0.1) is 0 Å². The molecule has 0 aliphatic rings. The van der Waals surface area contributed by atoms with Crippen LogP contribution >= 0.6 is 0 Å². The zero-order valence-electron chi connectivity index (χ0n) is 7.49. The molecule has 3 heteroatoms. The van der Waals surface area contributed by atoms with Crippen molar-refractivity contribution >= 4 is 0 Å². The third-order valence-electron chi connectivity index (χ3n) is 1.30. The van der Waals surface area contributed by atoms with E-state index >= 15 is 0 Å². The van der Waals surface area contributed by atoms with Gasteiger partial charge in [0.15, 0.2) is 0 Å². The predicted molar refractivity (Wildman–Crippen MR) is 46.6 cm³/mol. The van der Waals surface area contributed by atoms with Crippen molar-refractivity contribution in [1.29, 1.82) is 0 Å². The number of halogens is 1. The highest BCUT2D eigenvalue weighted by Gasteiger charge is 1.91. The van der Waals surface area contributed by atoms with Gasteiger partial charge in [-0.1, -0.05) is 13.8 Å². The average Bonchev–Trinajstić information content (AvgIpc) is 1.96. The van der Waals surface area contributed by atoms with Gasteiger partial charge in [0, 0.05) is 19.6 Å². The average molecular weight is 162 g/mol. The first-order chi connectivity index (χ1) is 5.27. The van der Waals surface area contributed by atoms with E-state index in [-0.39, 0.29) is 6.67 Å². The minimum Gasteiger partial charge on any atom is -0.315 e. The van der Waals surface area contributed by atoms with E-state index in [1.807, 2.05) is 0 Å². The van der Waals surface area contributed by atoms with Gasteiger partial charge in [0.1, 0.15) is 6.67 Å². The summed E-state index contributed by atoms with van der Waals surface area (Å²) in [6.45, 7) is 7.36. The fourth-order valence-corrected chi connectivity index (χ4v) is 0.759. The van der Waals surface area contributed by atoms with E-state index in [2.05, 4.69) is 24.5 Å². The Hall–Kier alpha value is -0.150. The minimum atomic E-state index is -0.274. The number of rotatable bonds is 7. The van der Waals surface area contributed by atoms with Crippen LogP contribution in [0.5, 0.6) is 0 Å². The van der Waals surface area contributed by atoms with Crippen molar-refractivity contribution in [3.05, 3.63) is 0 Å². The fraction of sp³-hybridized carbons (Fsp3) is 1.00. The zero-order valence-corrected chi connectivity index (χ0v) is 7.49. The van der Waals surface area contributed by atoms with Crippen LogP contribution in [0.15, 0.2) is 0 Å². The lowest BCUT2D eigenvalue weighted by atomic mass is 10.2. The van der Waals surface area contributed by atoms with Crippen molar-refractivity contribution < 1.29 is 4.39 Å². The maximum absolute atomic E-state index is 11.5. The Morgan fingerprint density at radius 3 is 2.27 bits per heavy atom. The number of nitrogens with one attached hydrogen (secondary N) is 2. The number of hydrogen-bond donors (Lipinski definition) is 2. The Labute approximate surface area is 68.6 Å². The van der Waals surface area contributed by atoms with Crippen molar-refractivity contribution in [3.63, 3.8) is 0 Å². The molecule has 0 fully saturated rings. The molecule has 0 unspecified atom stereocenters. The Balaban J connectivity index is 2.80. The van der Waals surface area contributed by atoms with Crippen LogP contribution < -0.4 is 10.6 Å². The van der Waals surface area contributed by atoms with Crippen LogP contribution in [-0.4, -0.2) is 32.9 Å². The second-order valence-corrected chi connectivity index (χ2v) is 3.04. The third-order valence-corrected chi connectivity index (χ3v) is 1.30. The first-order valence-electron chi connectivity index (χ1n) is 4.24. The van der Waals surface area contributed by atoms with Gasteiger partial charge in [0.2, 0.25) is 0 Å². The van der Waals surface area contributed by atoms with Crippen LogP contribution in [0.1, 0.15) is 13.8 Å². The second kappa shape index (κ2) is 7.95. The molecule has 0 saturated heterocycles. The van der Waals surface area contributed by atoms with Crippen LogP contribution in [0.25, 0.3) is 0 Å². The molecule has 68 valence electrons. The van der Waals surface area contributed by atoms with E-state index in [1.54, 1.807) is 0 Å². The lowest BCUT2D eigenvalue weighted by Crippen LogP contribution is -2.30. The molecule has 0 spiro atoms. The SMILES string of the molecule is CC(C)CNCCNCCF. The molecular formula is C8H19FN2. The van der Waals surface area contributed by atoms with Crippen molar-refractivity contribution in [2.45, 2.75) is 13.8 Å². The molecule has 0 rings (SSSR count). The van der Waals surface area contributed by atoms with Crippen molar-refractivity contribution in [3.8, 4) is 0 Å². The topological polar surface area (TPSA) is 24.1 Å². The molecule has 0 aliphatic heterocycles. The lowest BCUT2D eigenvalue weighted by Gasteiger charge is -2.06. The molecule has 0 aromatic rings. The van der Waals surface area contributed by atoms with Crippen molar-refractivity contribution in [1.82, 2.24) is 10.6 Å². The van der Waals surface area contributed by atoms with Crippen LogP contribution in [0.3, 0.4) is 0 Å². The van der Waals surface area contributed by atoms with Crippen LogP contribution in [-0.2, 0) is 0 Å². The maximum Gasteiger partial charge on any atom is 0.102 e. The summed E-state index contributed by atoms with van der Waals surface area (Å²) in [4.78, 5) is 0. The lowest BCUT2D eigenvalue weighted by molar-refractivity contribution is 0.460. The molecule has 0 aliphatic carbocycles. The van der Waals surface area contributed by atoms with Crippen molar-refractivity contribution in [2.24, 2.45) is 5.92 Å². The molecule has 11 heavy (non-hydrogen) atoms. The highest BCUT2D eigenvalue weighted by molar-refractivity contribution is 4.53. The van der Waals surface area contributed by atoms with Gasteiger partial charge in [-0.25, -0.2) is 4.39 Å². The molecule has 2 N–H and O–H groups in total. The maximum atomic E-state index is 11.5. The van der Waals surface area contributed by atoms with Gasteiger partial charge in [-0.2, -0.15) is 0 Å². The second-order valence-electron chi connectivity index (χ2n) is 3.04. The fourth-order valence-electron chi connectivity index (χ4n) is 0.759. The highest BCUT2D eigenvalue weighted by atomic mass is 19.1. The first kappa shape index (κ1) is 10.8. The van der Waals surface area contributed by atoms with E-state index in [0.717, 1.165) is 19.6 Å². The largest absolute Gasteiger partial charge is 0.315 e. The summed E-state index contributed by atoms with van der Waals surface area (Å²) in [5.74, 6) is 0.691. The van der Waals surface area contributed by atoms with Crippen LogP contribution in [0.4, 0.5) is 4.39 Å². The summed E-state index contributed by atoms with van der Waals surface area (Å²) in [6.07, 6.45) is 0. The minimum absolute atomic E-state index is 0.274. The molecule has 0 aromatic carbocycles. The summed E-state index contributed by atoms with van der Waals surface area (Å²) in [5.41, 5.74) is 0. The van der Waals surface area contributed by atoms with Gasteiger partial charge in [0.25, 0.3) is 0 Å². The predicted octanol–water partition coefficient (Wildman–Crippen LogP) is 0.791. The molecule has 0 aromatic heterocycles. The molecule has 0 bridgehead atoms. The molecular weight excluding hydrogens is 143 g/mol. The van der Waals surface area contributed by atoms with E-state index in [4.69, 9.17) is 0 Å². The Kier molecular flexibility index (Phi) is 7.84. The molecule has 0 radical (unpaired) electrons. The van der Waals surface area contributed by atoms with Crippen LogP contribution in [0, 0.1) is 5.92 Å². The number of alkyl halides is 1. The molecule has 2 nitrogen and oxygen atoms in total. The standard InChI is InChI=1S/C8H19FN2/c1-8(2)7-11-6-5-10-4-3-9/h8,10-11H,3-7H2,1-2H3. The van der Waals surface area contributed by atoms with Crippen molar-refractivity contribution in [2.75, 3.05) is 32.9 Å². The Morgan fingerprint density at radius 1 is 1.09 bits per heavy atom. The van der Waals surface area contributed by atoms with E-state index in [1.165, 1.54) is 0 Å². The third kappa shape index (κ3) is 9.85. The summed E-state index contributed by atoms with van der Waals surface area (Å²) in [7, 11) is 0. The first-order valence-corrected chi connectivity index (χ1v) is 4.24. The quantitative estimate of drug-likeness (QED) is 0.541. The monoisotopic (exact) mass is 162 g/mol. The summed E-state index contributed by atoms with van der Waals surface area (Å²) in [5, 5.41) is 6.23. The summed E-state index contributed by atoms with van der Waals surface area (Å²) < 4.78 is 11.5. The summed E-state index contributed by atoms with van der Waals surface area (Å²) in [6, 6.07) is 0. The van der Waals surface area contributed by atoms with Gasteiger partial charge in [0.05, 0.1) is 0 Å². The Morgan fingerprint density at radius 2 is 1.73 bits per heavy atom. The van der Waals surface area contributed by atoms with E-state index < -0.39 is 0 Å².